The maximum atomic E-state index is 6.79. The van der Waals surface area contributed by atoms with Crippen LogP contribution in [0.2, 0.25) is 39.3 Å². The molecule has 0 bridgehead atoms. The molecule has 0 saturated heterocycles. The van der Waals surface area contributed by atoms with Gasteiger partial charge in [0.05, 0.1) is 11.8 Å². The molecule has 4 aliphatic carbocycles. The standard InChI is InChI=1S/C26H47NO3Si2/c1-25-15-14-23-21(22(25)11-12-24(25)30-32(6,7)8)10-9-19-17-20(27-28-2)13-16-26(19,23)18-29-31(3,4)5/h17,21-24H,9-16,18H2,1-8H3/b27-20+. The van der Waals surface area contributed by atoms with E-state index in [0.717, 1.165) is 36.5 Å². The molecule has 0 aromatic carbocycles. The van der Waals surface area contributed by atoms with Crippen molar-refractivity contribution in [3.63, 3.8) is 0 Å². The number of allylic oxidation sites excluding steroid dienone is 1. The van der Waals surface area contributed by atoms with Crippen LogP contribution in [0.4, 0.5) is 0 Å². The molecule has 0 radical (unpaired) electrons. The molecule has 3 saturated carbocycles. The molecule has 32 heavy (non-hydrogen) atoms. The zero-order valence-corrected chi connectivity index (χ0v) is 23.9. The van der Waals surface area contributed by atoms with Gasteiger partial charge < -0.3 is 13.7 Å². The van der Waals surface area contributed by atoms with Crippen molar-refractivity contribution >= 4 is 22.3 Å². The fourth-order valence-corrected chi connectivity index (χ4v) is 9.68. The Kier molecular flexibility index (Phi) is 6.67. The minimum Gasteiger partial charge on any atom is -0.417 e. The van der Waals surface area contributed by atoms with E-state index in [2.05, 4.69) is 57.4 Å². The summed E-state index contributed by atoms with van der Waals surface area (Å²) in [6.07, 6.45) is 12.8. The van der Waals surface area contributed by atoms with Crippen LogP contribution in [0.1, 0.15) is 58.3 Å². The Morgan fingerprint density at radius 3 is 2.34 bits per heavy atom. The Balaban J connectivity index is 1.64. The Hall–Kier alpha value is -0.436. The van der Waals surface area contributed by atoms with Crippen molar-refractivity contribution in [1.82, 2.24) is 0 Å². The van der Waals surface area contributed by atoms with Gasteiger partial charge in [0.15, 0.2) is 16.6 Å². The molecular weight excluding hydrogens is 430 g/mol. The fraction of sp³-hybridized carbons (Fsp3) is 0.885. The summed E-state index contributed by atoms with van der Waals surface area (Å²) < 4.78 is 13.5. The van der Waals surface area contributed by atoms with Crippen LogP contribution in [0.3, 0.4) is 0 Å². The first-order valence-corrected chi connectivity index (χ1v) is 19.8. The zero-order chi connectivity index (χ0) is 23.4. The molecule has 6 unspecified atom stereocenters. The molecule has 4 nitrogen and oxygen atoms in total. The van der Waals surface area contributed by atoms with Gasteiger partial charge in [-0.15, -0.1) is 0 Å². The van der Waals surface area contributed by atoms with Gasteiger partial charge in [-0.1, -0.05) is 17.7 Å². The highest BCUT2D eigenvalue weighted by Crippen LogP contribution is 2.66. The third kappa shape index (κ3) is 4.58. The van der Waals surface area contributed by atoms with Gasteiger partial charge in [-0.2, -0.15) is 0 Å². The smallest absolute Gasteiger partial charge is 0.184 e. The topological polar surface area (TPSA) is 40.0 Å². The monoisotopic (exact) mass is 477 g/mol. The number of hydrogen-bond donors (Lipinski definition) is 0. The van der Waals surface area contributed by atoms with Crippen LogP contribution in [-0.4, -0.2) is 42.2 Å². The van der Waals surface area contributed by atoms with Gasteiger partial charge in [-0.05, 0) is 120 Å². The Labute approximate surface area is 198 Å². The van der Waals surface area contributed by atoms with Gasteiger partial charge in [0, 0.05) is 12.0 Å². The molecular formula is C26H47NO3Si2. The van der Waals surface area contributed by atoms with Gasteiger partial charge in [-0.3, -0.25) is 0 Å². The normalized spacial score (nSPS) is 41.0. The first kappa shape index (κ1) is 24.7. The molecule has 4 rings (SSSR count). The van der Waals surface area contributed by atoms with Crippen molar-refractivity contribution in [2.24, 2.45) is 33.7 Å². The third-order valence-electron chi connectivity index (χ3n) is 9.08. The average Bonchev–Trinajstić information content (AvgIpc) is 3.01. The molecule has 6 atom stereocenters. The molecule has 0 N–H and O–H groups in total. The molecule has 0 aromatic rings. The van der Waals surface area contributed by atoms with Crippen LogP contribution in [-0.2, 0) is 13.7 Å². The van der Waals surface area contributed by atoms with Crippen LogP contribution in [0.5, 0.6) is 0 Å². The maximum absolute atomic E-state index is 6.79. The second-order valence-electron chi connectivity index (χ2n) is 13.2. The van der Waals surface area contributed by atoms with Gasteiger partial charge in [0.25, 0.3) is 0 Å². The summed E-state index contributed by atoms with van der Waals surface area (Å²) in [5.74, 6) is 2.36. The predicted octanol–water partition coefficient (Wildman–Crippen LogP) is 7.00. The van der Waals surface area contributed by atoms with E-state index >= 15 is 0 Å². The number of oxime groups is 1. The van der Waals surface area contributed by atoms with Crippen molar-refractivity contribution in [1.29, 1.82) is 0 Å². The SMILES string of the molecule is CO/N=C1/C=C2CCC3C(CCC4(C)C(O[Si](C)(C)C)CCC34)C2(CO[Si](C)(C)C)CC1. The van der Waals surface area contributed by atoms with Gasteiger partial charge in [-0.25, -0.2) is 0 Å². The quantitative estimate of drug-likeness (QED) is 0.305. The summed E-state index contributed by atoms with van der Waals surface area (Å²) in [5, 5.41) is 4.32. The van der Waals surface area contributed by atoms with Crippen LogP contribution < -0.4 is 0 Å². The van der Waals surface area contributed by atoms with Crippen molar-refractivity contribution in [3.8, 4) is 0 Å². The van der Waals surface area contributed by atoms with Gasteiger partial charge >= 0.3 is 0 Å². The molecule has 3 fully saturated rings. The first-order chi connectivity index (χ1) is 14.9. The Morgan fingerprint density at radius 1 is 0.938 bits per heavy atom. The second kappa shape index (κ2) is 8.65. The van der Waals surface area contributed by atoms with E-state index < -0.39 is 16.6 Å². The molecule has 0 aromatic heterocycles. The van der Waals surface area contributed by atoms with Crippen LogP contribution in [0.15, 0.2) is 16.8 Å². The number of rotatable bonds is 6. The second-order valence-corrected chi connectivity index (χ2v) is 22.2. The summed E-state index contributed by atoms with van der Waals surface area (Å²) in [5.41, 5.74) is 3.29. The predicted molar refractivity (Wildman–Crippen MR) is 138 cm³/mol. The molecule has 0 amide bonds. The van der Waals surface area contributed by atoms with E-state index in [0.29, 0.717) is 11.5 Å². The van der Waals surface area contributed by atoms with E-state index in [-0.39, 0.29) is 5.41 Å². The highest BCUT2D eigenvalue weighted by molar-refractivity contribution is 6.70. The van der Waals surface area contributed by atoms with Gasteiger partial charge in [0.1, 0.15) is 7.11 Å². The summed E-state index contributed by atoms with van der Waals surface area (Å²) in [6, 6.07) is 0. The van der Waals surface area contributed by atoms with Crippen molar-refractivity contribution in [2.75, 3.05) is 13.7 Å². The number of nitrogens with zero attached hydrogens (tertiary/aromatic N) is 1. The number of fused-ring (bicyclic) bond motifs is 5. The third-order valence-corrected chi connectivity index (χ3v) is 11.1. The molecule has 0 spiro atoms. The van der Waals surface area contributed by atoms with Crippen LogP contribution >= 0.6 is 0 Å². The molecule has 4 aliphatic rings. The summed E-state index contributed by atoms with van der Waals surface area (Å²) >= 11 is 0. The lowest BCUT2D eigenvalue weighted by Gasteiger charge is -2.59. The lowest BCUT2D eigenvalue weighted by molar-refractivity contribution is -0.0830. The first-order valence-electron chi connectivity index (χ1n) is 13.0. The zero-order valence-electron chi connectivity index (χ0n) is 21.9. The highest BCUT2D eigenvalue weighted by atomic mass is 28.4. The molecule has 6 heteroatoms. The van der Waals surface area contributed by atoms with E-state index in [9.17, 15) is 0 Å². The van der Waals surface area contributed by atoms with E-state index in [1.165, 1.54) is 44.9 Å². The maximum Gasteiger partial charge on any atom is 0.184 e. The fourth-order valence-electron chi connectivity index (χ4n) is 7.75. The van der Waals surface area contributed by atoms with Crippen molar-refractivity contribution in [3.05, 3.63) is 11.6 Å². The van der Waals surface area contributed by atoms with E-state index in [1.807, 2.05) is 0 Å². The van der Waals surface area contributed by atoms with E-state index in [1.54, 1.807) is 12.7 Å². The lowest BCUT2D eigenvalue weighted by Crippen LogP contribution is -2.55. The largest absolute Gasteiger partial charge is 0.417 e. The minimum absolute atomic E-state index is 0.203. The van der Waals surface area contributed by atoms with Crippen LogP contribution in [0.25, 0.3) is 0 Å². The lowest BCUT2D eigenvalue weighted by atomic mass is 9.47. The average molecular weight is 478 g/mol. The van der Waals surface area contributed by atoms with Crippen molar-refractivity contribution in [2.45, 2.75) is 104 Å². The Bertz CT molecular complexity index is 768. The molecule has 182 valence electrons. The summed E-state index contributed by atoms with van der Waals surface area (Å²) in [7, 11) is -1.45. The number of hydrogen-bond acceptors (Lipinski definition) is 4. The summed E-state index contributed by atoms with van der Waals surface area (Å²) in [4.78, 5) is 5.14. The molecule has 0 heterocycles. The minimum atomic E-state index is -1.59. The van der Waals surface area contributed by atoms with Crippen molar-refractivity contribution < 1.29 is 13.7 Å². The molecule has 0 aliphatic heterocycles. The van der Waals surface area contributed by atoms with Gasteiger partial charge in [0.2, 0.25) is 0 Å². The van der Waals surface area contributed by atoms with Crippen LogP contribution in [0, 0.1) is 28.6 Å². The van der Waals surface area contributed by atoms with E-state index in [4.69, 9.17) is 13.7 Å². The highest BCUT2D eigenvalue weighted by Gasteiger charge is 2.60. The summed E-state index contributed by atoms with van der Waals surface area (Å²) in [6.45, 7) is 17.6. The Morgan fingerprint density at radius 2 is 1.69 bits per heavy atom.